The van der Waals surface area contributed by atoms with Crippen LogP contribution in [0, 0.1) is 11.8 Å². The fourth-order valence-electron chi connectivity index (χ4n) is 1.53. The van der Waals surface area contributed by atoms with Gasteiger partial charge in [-0.1, -0.05) is 52.7 Å². The summed E-state index contributed by atoms with van der Waals surface area (Å²) in [5.74, 6) is 1.59. The van der Waals surface area contributed by atoms with Gasteiger partial charge in [0.05, 0.1) is 0 Å². The maximum absolute atomic E-state index is 2.42. The van der Waals surface area contributed by atoms with Crippen molar-refractivity contribution in [1.29, 1.82) is 0 Å². The SMILES string of the molecule is CCCC[C@H](C)/C=C/C(CC)CC. The van der Waals surface area contributed by atoms with E-state index < -0.39 is 0 Å². The zero-order valence-electron chi connectivity index (χ0n) is 9.84. The molecule has 0 aliphatic heterocycles. The van der Waals surface area contributed by atoms with Crippen molar-refractivity contribution in [2.75, 3.05) is 0 Å². The van der Waals surface area contributed by atoms with Crippen LogP contribution in [0.3, 0.4) is 0 Å². The Hall–Kier alpha value is -0.260. The molecule has 0 spiro atoms. The summed E-state index contributed by atoms with van der Waals surface area (Å²) in [6.45, 7) is 9.14. The Morgan fingerprint density at radius 1 is 1.00 bits per heavy atom. The summed E-state index contributed by atoms with van der Waals surface area (Å²) in [6.07, 6.45) is 11.4. The molecular weight excluding hydrogens is 156 g/mol. The van der Waals surface area contributed by atoms with E-state index in [0.29, 0.717) is 0 Å². The molecule has 13 heavy (non-hydrogen) atoms. The average Bonchev–Trinajstić information content (AvgIpc) is 2.16. The Morgan fingerprint density at radius 2 is 1.62 bits per heavy atom. The van der Waals surface area contributed by atoms with Gasteiger partial charge in [-0.2, -0.15) is 0 Å². The smallest absolute Gasteiger partial charge is 0.0239 e. The quantitative estimate of drug-likeness (QED) is 0.496. The first-order valence-corrected chi connectivity index (χ1v) is 5.92. The lowest BCUT2D eigenvalue weighted by molar-refractivity contribution is 0.572. The van der Waals surface area contributed by atoms with Gasteiger partial charge in [0.2, 0.25) is 0 Å². The second-order valence-corrected chi connectivity index (χ2v) is 4.08. The molecule has 0 aromatic heterocycles. The minimum atomic E-state index is 0.778. The monoisotopic (exact) mass is 182 g/mol. The molecule has 0 N–H and O–H groups in total. The summed E-state index contributed by atoms with van der Waals surface area (Å²) in [7, 11) is 0. The summed E-state index contributed by atoms with van der Waals surface area (Å²) in [5.41, 5.74) is 0. The van der Waals surface area contributed by atoms with E-state index in [2.05, 4.69) is 39.8 Å². The van der Waals surface area contributed by atoms with Crippen LogP contribution in [-0.2, 0) is 0 Å². The van der Waals surface area contributed by atoms with Gasteiger partial charge in [-0.25, -0.2) is 0 Å². The molecule has 0 unspecified atom stereocenters. The molecule has 78 valence electrons. The average molecular weight is 182 g/mol. The Balaban J connectivity index is 3.67. The maximum Gasteiger partial charge on any atom is -0.0239 e. The van der Waals surface area contributed by atoms with E-state index >= 15 is 0 Å². The van der Waals surface area contributed by atoms with Crippen LogP contribution in [0.5, 0.6) is 0 Å². The van der Waals surface area contributed by atoms with E-state index in [4.69, 9.17) is 0 Å². The lowest BCUT2D eigenvalue weighted by Crippen LogP contribution is -1.94. The first kappa shape index (κ1) is 12.7. The minimum Gasteiger partial charge on any atom is -0.0854 e. The van der Waals surface area contributed by atoms with Crippen molar-refractivity contribution in [3.8, 4) is 0 Å². The van der Waals surface area contributed by atoms with Crippen LogP contribution in [0.4, 0.5) is 0 Å². The van der Waals surface area contributed by atoms with Gasteiger partial charge in [0.15, 0.2) is 0 Å². The number of rotatable bonds is 7. The van der Waals surface area contributed by atoms with Crippen molar-refractivity contribution in [2.45, 2.75) is 59.8 Å². The summed E-state index contributed by atoms with van der Waals surface area (Å²) in [6, 6.07) is 0. The third-order valence-corrected chi connectivity index (χ3v) is 2.77. The summed E-state index contributed by atoms with van der Waals surface area (Å²) in [4.78, 5) is 0. The van der Waals surface area contributed by atoms with E-state index in [-0.39, 0.29) is 0 Å². The molecule has 0 heterocycles. The molecule has 0 bridgehead atoms. The van der Waals surface area contributed by atoms with Gasteiger partial charge < -0.3 is 0 Å². The van der Waals surface area contributed by atoms with Gasteiger partial charge >= 0.3 is 0 Å². The van der Waals surface area contributed by atoms with Gasteiger partial charge in [-0.05, 0) is 31.1 Å². The molecule has 0 radical (unpaired) electrons. The van der Waals surface area contributed by atoms with E-state index in [1.165, 1.54) is 32.1 Å². The van der Waals surface area contributed by atoms with Crippen LogP contribution in [0.15, 0.2) is 12.2 Å². The molecule has 0 heteroatoms. The lowest BCUT2D eigenvalue weighted by Gasteiger charge is -2.08. The van der Waals surface area contributed by atoms with Gasteiger partial charge in [0, 0.05) is 0 Å². The standard InChI is InChI=1S/C13H26/c1-5-8-9-12(4)10-11-13(6-2)7-3/h10-13H,5-9H2,1-4H3/b11-10+/t12-/m0/s1. The highest BCUT2D eigenvalue weighted by Gasteiger charge is 1.99. The molecule has 0 saturated carbocycles. The molecule has 0 nitrogen and oxygen atoms in total. The molecule has 0 aromatic rings. The second-order valence-electron chi connectivity index (χ2n) is 4.08. The van der Waals surface area contributed by atoms with Crippen LogP contribution in [0.1, 0.15) is 59.8 Å². The molecule has 0 aliphatic carbocycles. The third-order valence-electron chi connectivity index (χ3n) is 2.77. The number of allylic oxidation sites excluding steroid dienone is 2. The zero-order valence-corrected chi connectivity index (χ0v) is 9.84. The first-order valence-electron chi connectivity index (χ1n) is 5.92. The Bertz CT molecular complexity index is 120. The summed E-state index contributed by atoms with van der Waals surface area (Å²) < 4.78 is 0. The normalized spacial score (nSPS) is 14.2. The van der Waals surface area contributed by atoms with Crippen molar-refractivity contribution in [2.24, 2.45) is 11.8 Å². The molecule has 0 aliphatic rings. The van der Waals surface area contributed by atoms with Crippen LogP contribution in [0.2, 0.25) is 0 Å². The fourth-order valence-corrected chi connectivity index (χ4v) is 1.53. The van der Waals surface area contributed by atoms with Crippen molar-refractivity contribution in [3.05, 3.63) is 12.2 Å². The van der Waals surface area contributed by atoms with Crippen LogP contribution in [0.25, 0.3) is 0 Å². The zero-order chi connectivity index (χ0) is 10.1. The Morgan fingerprint density at radius 3 is 2.08 bits per heavy atom. The van der Waals surface area contributed by atoms with Crippen LogP contribution < -0.4 is 0 Å². The molecule has 1 atom stereocenters. The molecular formula is C13H26. The second kappa shape index (κ2) is 8.34. The molecule has 0 amide bonds. The fraction of sp³-hybridized carbons (Fsp3) is 0.846. The third kappa shape index (κ3) is 6.86. The molecule has 0 saturated heterocycles. The van der Waals surface area contributed by atoms with E-state index in [1.54, 1.807) is 0 Å². The van der Waals surface area contributed by atoms with Crippen molar-refractivity contribution < 1.29 is 0 Å². The number of hydrogen-bond donors (Lipinski definition) is 0. The molecule has 0 rings (SSSR count). The Kier molecular flexibility index (Phi) is 8.18. The molecule has 0 fully saturated rings. The largest absolute Gasteiger partial charge is 0.0854 e. The minimum absolute atomic E-state index is 0.778. The topological polar surface area (TPSA) is 0 Å². The van der Waals surface area contributed by atoms with Gasteiger partial charge in [0.25, 0.3) is 0 Å². The van der Waals surface area contributed by atoms with Crippen molar-refractivity contribution >= 4 is 0 Å². The maximum atomic E-state index is 2.42. The number of hydrogen-bond acceptors (Lipinski definition) is 0. The van der Waals surface area contributed by atoms with Crippen molar-refractivity contribution in [1.82, 2.24) is 0 Å². The van der Waals surface area contributed by atoms with Gasteiger partial charge in [-0.3, -0.25) is 0 Å². The van der Waals surface area contributed by atoms with Crippen molar-refractivity contribution in [3.63, 3.8) is 0 Å². The number of unbranched alkanes of at least 4 members (excludes halogenated alkanes) is 1. The predicted molar refractivity (Wildman–Crippen MR) is 61.9 cm³/mol. The first-order chi connectivity index (χ1) is 6.24. The highest BCUT2D eigenvalue weighted by molar-refractivity contribution is 4.90. The van der Waals surface area contributed by atoms with Crippen LogP contribution in [-0.4, -0.2) is 0 Å². The van der Waals surface area contributed by atoms with E-state index in [1.807, 2.05) is 0 Å². The highest BCUT2D eigenvalue weighted by atomic mass is 14.1. The van der Waals surface area contributed by atoms with Crippen LogP contribution >= 0.6 is 0 Å². The lowest BCUT2D eigenvalue weighted by atomic mass is 9.98. The van der Waals surface area contributed by atoms with Gasteiger partial charge in [-0.15, -0.1) is 0 Å². The predicted octanol–water partition coefficient (Wildman–Crippen LogP) is 4.81. The summed E-state index contributed by atoms with van der Waals surface area (Å²) >= 11 is 0. The Labute approximate surface area is 84.4 Å². The van der Waals surface area contributed by atoms with Gasteiger partial charge in [0.1, 0.15) is 0 Å². The highest BCUT2D eigenvalue weighted by Crippen LogP contribution is 2.14. The molecule has 0 aromatic carbocycles. The van der Waals surface area contributed by atoms with E-state index in [9.17, 15) is 0 Å². The van der Waals surface area contributed by atoms with E-state index in [0.717, 1.165) is 11.8 Å². The summed E-state index contributed by atoms with van der Waals surface area (Å²) in [5, 5.41) is 0.